The van der Waals surface area contributed by atoms with Crippen LogP contribution in [0.2, 0.25) is 0 Å². The van der Waals surface area contributed by atoms with Gasteiger partial charge in [-0.2, -0.15) is 0 Å². The van der Waals surface area contributed by atoms with Gasteiger partial charge in [0.1, 0.15) is 0 Å². The number of aromatic nitrogens is 1. The lowest BCUT2D eigenvalue weighted by Gasteiger charge is -2.20. The number of rotatable bonds is 7. The molecule has 1 aromatic heterocycles. The smallest absolute Gasteiger partial charge is 0.255 e. The number of nitrogens with zero attached hydrogens (tertiary/aromatic N) is 2. The second-order valence-electron chi connectivity index (χ2n) is 4.87. The summed E-state index contributed by atoms with van der Waals surface area (Å²) in [6, 6.07) is 2.13. The Hall–Kier alpha value is -1.62. The monoisotopic (exact) mass is 264 g/mol. The van der Waals surface area contributed by atoms with Crippen LogP contribution in [-0.4, -0.2) is 49.0 Å². The van der Waals surface area contributed by atoms with Crippen LogP contribution in [0.1, 0.15) is 30.6 Å². The van der Waals surface area contributed by atoms with Crippen molar-refractivity contribution in [2.45, 2.75) is 26.3 Å². The molecule has 2 N–H and O–H groups in total. The Kier molecular flexibility index (Phi) is 6.29. The van der Waals surface area contributed by atoms with Gasteiger partial charge in [0.2, 0.25) is 0 Å². The first-order valence-corrected chi connectivity index (χ1v) is 6.68. The maximum absolute atomic E-state index is 12.1. The third-order valence-corrected chi connectivity index (χ3v) is 3.07. The van der Waals surface area contributed by atoms with Gasteiger partial charge in [0.15, 0.2) is 0 Å². The SMILES string of the molecule is CCCNc1ccncc1C(=O)NCC(C)N(C)C. The number of anilines is 1. The van der Waals surface area contributed by atoms with E-state index in [2.05, 4.69) is 34.4 Å². The van der Waals surface area contributed by atoms with Crippen molar-refractivity contribution >= 4 is 11.6 Å². The molecule has 5 heteroatoms. The minimum Gasteiger partial charge on any atom is -0.384 e. The van der Waals surface area contributed by atoms with Crippen molar-refractivity contribution in [1.82, 2.24) is 15.2 Å². The molecule has 0 saturated heterocycles. The van der Waals surface area contributed by atoms with E-state index in [1.54, 1.807) is 12.4 Å². The van der Waals surface area contributed by atoms with Crippen molar-refractivity contribution in [3.05, 3.63) is 24.0 Å². The summed E-state index contributed by atoms with van der Waals surface area (Å²) in [5, 5.41) is 6.18. The molecular formula is C14H24N4O. The number of hydrogen-bond acceptors (Lipinski definition) is 4. The quantitative estimate of drug-likeness (QED) is 0.785. The Morgan fingerprint density at radius 1 is 1.47 bits per heavy atom. The molecule has 19 heavy (non-hydrogen) atoms. The van der Waals surface area contributed by atoms with E-state index in [4.69, 9.17) is 0 Å². The highest BCUT2D eigenvalue weighted by Crippen LogP contribution is 2.13. The van der Waals surface area contributed by atoms with E-state index < -0.39 is 0 Å². The van der Waals surface area contributed by atoms with Crippen LogP contribution in [-0.2, 0) is 0 Å². The van der Waals surface area contributed by atoms with E-state index in [1.165, 1.54) is 0 Å². The van der Waals surface area contributed by atoms with E-state index in [0.29, 0.717) is 18.2 Å². The van der Waals surface area contributed by atoms with Crippen LogP contribution in [0.15, 0.2) is 18.5 Å². The van der Waals surface area contributed by atoms with Crippen LogP contribution in [0.25, 0.3) is 0 Å². The van der Waals surface area contributed by atoms with E-state index in [1.807, 2.05) is 20.2 Å². The topological polar surface area (TPSA) is 57.3 Å². The van der Waals surface area contributed by atoms with Gasteiger partial charge in [0, 0.05) is 31.5 Å². The van der Waals surface area contributed by atoms with Crippen LogP contribution in [0, 0.1) is 0 Å². The van der Waals surface area contributed by atoms with Gasteiger partial charge in [-0.05, 0) is 33.5 Å². The van der Waals surface area contributed by atoms with Gasteiger partial charge < -0.3 is 15.5 Å². The maximum Gasteiger partial charge on any atom is 0.255 e. The molecule has 0 saturated carbocycles. The summed E-state index contributed by atoms with van der Waals surface area (Å²) in [7, 11) is 3.99. The molecule has 0 aliphatic rings. The zero-order valence-corrected chi connectivity index (χ0v) is 12.2. The van der Waals surface area contributed by atoms with Gasteiger partial charge >= 0.3 is 0 Å². The molecule has 106 valence electrons. The second-order valence-corrected chi connectivity index (χ2v) is 4.87. The molecule has 0 aliphatic carbocycles. The van der Waals surface area contributed by atoms with Crippen molar-refractivity contribution < 1.29 is 4.79 Å². The Morgan fingerprint density at radius 2 is 2.21 bits per heavy atom. The molecular weight excluding hydrogens is 240 g/mol. The Balaban J connectivity index is 2.65. The zero-order chi connectivity index (χ0) is 14.3. The molecule has 1 aromatic rings. The molecule has 1 unspecified atom stereocenters. The van der Waals surface area contributed by atoms with E-state index in [9.17, 15) is 4.79 Å². The highest BCUT2D eigenvalue weighted by Gasteiger charge is 2.12. The summed E-state index contributed by atoms with van der Waals surface area (Å²) < 4.78 is 0. The Morgan fingerprint density at radius 3 is 2.84 bits per heavy atom. The molecule has 1 heterocycles. The lowest BCUT2D eigenvalue weighted by molar-refractivity contribution is 0.0944. The Bertz CT molecular complexity index is 406. The van der Waals surface area contributed by atoms with Gasteiger partial charge in [-0.15, -0.1) is 0 Å². The van der Waals surface area contributed by atoms with Crippen LogP contribution < -0.4 is 10.6 Å². The maximum atomic E-state index is 12.1. The predicted molar refractivity (Wildman–Crippen MR) is 78.5 cm³/mol. The average molecular weight is 264 g/mol. The van der Waals surface area contributed by atoms with Crippen molar-refractivity contribution in [2.24, 2.45) is 0 Å². The highest BCUT2D eigenvalue weighted by molar-refractivity contribution is 5.99. The number of pyridine rings is 1. The predicted octanol–water partition coefficient (Wildman–Crippen LogP) is 1.58. The first kappa shape index (κ1) is 15.4. The number of likely N-dealkylation sites (N-methyl/N-ethyl adjacent to an activating group) is 1. The summed E-state index contributed by atoms with van der Waals surface area (Å²) in [6.07, 6.45) is 4.31. The molecule has 0 aliphatic heterocycles. The number of nitrogens with one attached hydrogen (secondary N) is 2. The lowest BCUT2D eigenvalue weighted by Crippen LogP contribution is -2.38. The summed E-state index contributed by atoms with van der Waals surface area (Å²) in [5.41, 5.74) is 1.44. The minimum absolute atomic E-state index is 0.0830. The first-order chi connectivity index (χ1) is 9.06. The van der Waals surface area contributed by atoms with Crippen molar-refractivity contribution in [2.75, 3.05) is 32.5 Å². The van der Waals surface area contributed by atoms with E-state index in [-0.39, 0.29) is 5.91 Å². The molecule has 0 radical (unpaired) electrons. The molecule has 1 amide bonds. The van der Waals surface area contributed by atoms with Gasteiger partial charge in [-0.3, -0.25) is 9.78 Å². The molecule has 0 aromatic carbocycles. The first-order valence-electron chi connectivity index (χ1n) is 6.68. The lowest BCUT2D eigenvalue weighted by atomic mass is 10.2. The normalized spacial score (nSPS) is 12.3. The molecule has 1 atom stereocenters. The zero-order valence-electron chi connectivity index (χ0n) is 12.2. The van der Waals surface area contributed by atoms with Crippen LogP contribution in [0.3, 0.4) is 0 Å². The van der Waals surface area contributed by atoms with Crippen LogP contribution in [0.5, 0.6) is 0 Å². The standard InChI is InChI=1S/C14H24N4O/c1-5-7-16-13-6-8-15-10-12(13)14(19)17-9-11(2)18(3)4/h6,8,10-11H,5,7,9H2,1-4H3,(H,15,16)(H,17,19). The number of carbonyl (C=O) groups is 1. The van der Waals surface area contributed by atoms with Gasteiger partial charge in [0.25, 0.3) is 5.91 Å². The summed E-state index contributed by atoms with van der Waals surface area (Å²) in [6.45, 7) is 5.62. The van der Waals surface area contributed by atoms with E-state index in [0.717, 1.165) is 18.7 Å². The van der Waals surface area contributed by atoms with Crippen molar-refractivity contribution in [3.63, 3.8) is 0 Å². The molecule has 1 rings (SSSR count). The van der Waals surface area contributed by atoms with Crippen molar-refractivity contribution in [1.29, 1.82) is 0 Å². The fourth-order valence-corrected chi connectivity index (χ4v) is 1.51. The minimum atomic E-state index is -0.0830. The third kappa shape index (κ3) is 4.87. The fraction of sp³-hybridized carbons (Fsp3) is 0.571. The van der Waals surface area contributed by atoms with Gasteiger partial charge in [0.05, 0.1) is 11.3 Å². The van der Waals surface area contributed by atoms with Crippen molar-refractivity contribution in [3.8, 4) is 0 Å². The summed E-state index contributed by atoms with van der Waals surface area (Å²) in [4.78, 5) is 18.2. The molecule has 0 bridgehead atoms. The molecule has 0 fully saturated rings. The average Bonchev–Trinajstić information content (AvgIpc) is 2.42. The largest absolute Gasteiger partial charge is 0.384 e. The highest BCUT2D eigenvalue weighted by atomic mass is 16.1. The van der Waals surface area contributed by atoms with E-state index >= 15 is 0 Å². The summed E-state index contributed by atoms with van der Waals surface area (Å²) in [5.74, 6) is -0.0830. The van der Waals surface area contributed by atoms with Crippen LogP contribution in [0.4, 0.5) is 5.69 Å². The second kappa shape index (κ2) is 7.74. The summed E-state index contributed by atoms with van der Waals surface area (Å²) >= 11 is 0. The van der Waals surface area contributed by atoms with Gasteiger partial charge in [-0.25, -0.2) is 0 Å². The number of amides is 1. The third-order valence-electron chi connectivity index (χ3n) is 3.07. The van der Waals surface area contributed by atoms with Crippen LogP contribution >= 0.6 is 0 Å². The molecule has 0 spiro atoms. The number of carbonyl (C=O) groups excluding carboxylic acids is 1. The fourth-order valence-electron chi connectivity index (χ4n) is 1.51. The number of hydrogen-bond donors (Lipinski definition) is 2. The van der Waals surface area contributed by atoms with Gasteiger partial charge in [-0.1, -0.05) is 6.92 Å². The Labute approximate surface area is 115 Å². The molecule has 5 nitrogen and oxygen atoms in total.